The van der Waals surface area contributed by atoms with Gasteiger partial charge < -0.3 is 4.90 Å². The Balaban J connectivity index is 1.84. The molecule has 1 saturated heterocycles. The van der Waals surface area contributed by atoms with Gasteiger partial charge in [0.05, 0.1) is 6.26 Å². The van der Waals surface area contributed by atoms with Crippen LogP contribution in [0.2, 0.25) is 0 Å². The first-order chi connectivity index (χ1) is 8.96. The van der Waals surface area contributed by atoms with E-state index in [-0.39, 0.29) is 11.8 Å². The Morgan fingerprint density at radius 1 is 1.21 bits per heavy atom. The molecule has 2 aliphatic rings. The van der Waals surface area contributed by atoms with Crippen LogP contribution in [0, 0.1) is 11.8 Å². The number of sulfonamides is 1. The van der Waals surface area contributed by atoms with Crippen molar-refractivity contribution >= 4 is 15.9 Å². The van der Waals surface area contributed by atoms with Crippen molar-refractivity contribution < 1.29 is 13.2 Å². The monoisotopic (exact) mass is 288 g/mol. The van der Waals surface area contributed by atoms with Gasteiger partial charge in [-0.2, -0.15) is 0 Å². The summed E-state index contributed by atoms with van der Waals surface area (Å²) in [4.78, 5) is 14.3. The van der Waals surface area contributed by atoms with Crippen molar-refractivity contribution in [3.8, 4) is 0 Å². The zero-order valence-corrected chi connectivity index (χ0v) is 12.4. The summed E-state index contributed by atoms with van der Waals surface area (Å²) in [5.74, 6) is 0.775. The zero-order chi connectivity index (χ0) is 13.9. The van der Waals surface area contributed by atoms with Gasteiger partial charge in [-0.1, -0.05) is 12.8 Å². The Morgan fingerprint density at radius 2 is 1.89 bits per heavy atom. The van der Waals surface area contributed by atoms with Gasteiger partial charge in [0.15, 0.2) is 0 Å². The Morgan fingerprint density at radius 3 is 2.53 bits per heavy atom. The minimum absolute atomic E-state index is 0.224. The molecule has 0 unspecified atom stereocenters. The largest absolute Gasteiger partial charge is 0.342 e. The fraction of sp³-hybridized carbons (Fsp3) is 0.923. The van der Waals surface area contributed by atoms with Crippen LogP contribution in [-0.2, 0) is 14.8 Å². The van der Waals surface area contributed by atoms with Gasteiger partial charge in [-0.3, -0.25) is 4.79 Å². The molecule has 0 bridgehead atoms. The molecule has 6 heteroatoms. The van der Waals surface area contributed by atoms with E-state index in [1.165, 1.54) is 19.1 Å². The number of rotatable bonds is 4. The van der Waals surface area contributed by atoms with E-state index < -0.39 is 10.0 Å². The third kappa shape index (κ3) is 4.45. The molecule has 1 aliphatic heterocycles. The lowest BCUT2D eigenvalue weighted by Gasteiger charge is -2.34. The fourth-order valence-corrected chi connectivity index (χ4v) is 3.67. The van der Waals surface area contributed by atoms with Crippen molar-refractivity contribution in [2.75, 3.05) is 25.9 Å². The number of likely N-dealkylation sites (tertiary alicyclic amines) is 1. The molecule has 0 radical (unpaired) electrons. The molecular formula is C13H24N2O3S. The lowest BCUT2D eigenvalue weighted by Crippen LogP contribution is -2.45. The summed E-state index contributed by atoms with van der Waals surface area (Å²) in [6, 6.07) is 0. The van der Waals surface area contributed by atoms with Crippen molar-refractivity contribution in [1.29, 1.82) is 0 Å². The van der Waals surface area contributed by atoms with Crippen LogP contribution >= 0.6 is 0 Å². The van der Waals surface area contributed by atoms with E-state index in [1.807, 2.05) is 4.90 Å². The number of nitrogens with one attached hydrogen (secondary N) is 1. The molecule has 19 heavy (non-hydrogen) atoms. The minimum Gasteiger partial charge on any atom is -0.342 e. The maximum absolute atomic E-state index is 12.3. The van der Waals surface area contributed by atoms with E-state index in [0.717, 1.165) is 32.2 Å². The first-order valence-corrected chi connectivity index (χ1v) is 9.08. The number of piperidine rings is 1. The molecule has 1 aliphatic carbocycles. The van der Waals surface area contributed by atoms with Gasteiger partial charge in [0.1, 0.15) is 0 Å². The maximum Gasteiger partial charge on any atom is 0.225 e. The molecule has 1 atom stereocenters. The Hall–Kier alpha value is -0.620. The van der Waals surface area contributed by atoms with Crippen molar-refractivity contribution in [3.63, 3.8) is 0 Å². The van der Waals surface area contributed by atoms with Crippen molar-refractivity contribution in [2.24, 2.45) is 11.8 Å². The summed E-state index contributed by atoms with van der Waals surface area (Å²) in [5, 5.41) is 0. The summed E-state index contributed by atoms with van der Waals surface area (Å²) in [6.07, 6.45) is 7.55. The van der Waals surface area contributed by atoms with Crippen LogP contribution in [0.4, 0.5) is 0 Å². The Kier molecular flexibility index (Phi) is 4.84. The van der Waals surface area contributed by atoms with Crippen LogP contribution < -0.4 is 4.72 Å². The molecule has 5 nitrogen and oxygen atoms in total. The van der Waals surface area contributed by atoms with Crippen molar-refractivity contribution in [1.82, 2.24) is 9.62 Å². The van der Waals surface area contributed by atoms with Crippen LogP contribution in [0.5, 0.6) is 0 Å². The third-order valence-corrected chi connectivity index (χ3v) is 4.86. The Labute approximate surface area is 115 Å². The van der Waals surface area contributed by atoms with Gasteiger partial charge in [-0.25, -0.2) is 13.1 Å². The average Bonchev–Trinajstić information content (AvgIpc) is 2.89. The third-order valence-electron chi connectivity index (χ3n) is 4.17. The lowest BCUT2D eigenvalue weighted by atomic mass is 9.96. The molecule has 0 aromatic heterocycles. The molecule has 110 valence electrons. The van der Waals surface area contributed by atoms with E-state index in [2.05, 4.69) is 4.72 Å². The van der Waals surface area contributed by atoms with E-state index in [9.17, 15) is 13.2 Å². The quantitative estimate of drug-likeness (QED) is 0.838. The molecule has 0 spiro atoms. The fourth-order valence-electron chi connectivity index (χ4n) is 3.13. The molecule has 0 aromatic rings. The molecule has 1 N–H and O–H groups in total. The standard InChI is InChI=1S/C13H24N2O3S/c1-19(17,18)14-9-11-5-4-8-15(10-11)13(16)12-6-2-3-7-12/h11-12,14H,2-10H2,1H3/t11-/m1/s1. The van der Waals surface area contributed by atoms with Gasteiger partial charge >= 0.3 is 0 Å². The predicted octanol–water partition coefficient (Wildman–Crippen LogP) is 0.964. The maximum atomic E-state index is 12.3. The van der Waals surface area contributed by atoms with Crippen LogP contribution in [0.1, 0.15) is 38.5 Å². The number of carbonyl (C=O) groups excluding carboxylic acids is 1. The molecule has 1 amide bonds. The first kappa shape index (κ1) is 14.8. The van der Waals surface area contributed by atoms with Gasteiger partial charge in [0, 0.05) is 25.6 Å². The minimum atomic E-state index is -3.13. The second-order valence-corrected chi connectivity index (χ2v) is 7.73. The predicted molar refractivity (Wildman–Crippen MR) is 74.1 cm³/mol. The summed E-state index contributed by atoms with van der Waals surface area (Å²) in [5.41, 5.74) is 0. The average molecular weight is 288 g/mol. The summed E-state index contributed by atoms with van der Waals surface area (Å²) in [6.45, 7) is 2.00. The molecule has 1 saturated carbocycles. The summed E-state index contributed by atoms with van der Waals surface area (Å²) in [7, 11) is -3.13. The van der Waals surface area contributed by atoms with Gasteiger partial charge in [0.2, 0.25) is 15.9 Å². The SMILES string of the molecule is CS(=O)(=O)NC[C@H]1CCCN(C(=O)C2CCCC2)C1. The number of amides is 1. The molecule has 2 fully saturated rings. The second-order valence-electron chi connectivity index (χ2n) is 5.89. The highest BCUT2D eigenvalue weighted by Crippen LogP contribution is 2.28. The highest BCUT2D eigenvalue weighted by atomic mass is 32.2. The van der Waals surface area contributed by atoms with Crippen LogP contribution in [0.3, 0.4) is 0 Å². The summed E-state index contributed by atoms with van der Waals surface area (Å²) >= 11 is 0. The van der Waals surface area contributed by atoms with E-state index in [4.69, 9.17) is 0 Å². The smallest absolute Gasteiger partial charge is 0.225 e. The van der Waals surface area contributed by atoms with Gasteiger partial charge in [-0.15, -0.1) is 0 Å². The number of carbonyl (C=O) groups is 1. The van der Waals surface area contributed by atoms with Gasteiger partial charge in [0.25, 0.3) is 0 Å². The highest BCUT2D eigenvalue weighted by molar-refractivity contribution is 7.88. The molecule has 2 rings (SSSR count). The van der Waals surface area contributed by atoms with Crippen molar-refractivity contribution in [2.45, 2.75) is 38.5 Å². The molecule has 1 heterocycles. The van der Waals surface area contributed by atoms with Gasteiger partial charge in [-0.05, 0) is 31.6 Å². The van der Waals surface area contributed by atoms with E-state index in [1.54, 1.807) is 0 Å². The number of nitrogens with zero attached hydrogens (tertiary/aromatic N) is 1. The number of hydrogen-bond donors (Lipinski definition) is 1. The van der Waals surface area contributed by atoms with Crippen LogP contribution in [-0.4, -0.2) is 45.1 Å². The lowest BCUT2D eigenvalue weighted by molar-refractivity contribution is -0.137. The topological polar surface area (TPSA) is 66.5 Å². The van der Waals surface area contributed by atoms with Crippen molar-refractivity contribution in [3.05, 3.63) is 0 Å². The molecular weight excluding hydrogens is 264 g/mol. The van der Waals surface area contributed by atoms with Crippen LogP contribution in [0.25, 0.3) is 0 Å². The second kappa shape index (κ2) is 6.22. The highest BCUT2D eigenvalue weighted by Gasteiger charge is 2.30. The first-order valence-electron chi connectivity index (χ1n) is 7.19. The van der Waals surface area contributed by atoms with E-state index >= 15 is 0 Å². The van der Waals surface area contributed by atoms with E-state index in [0.29, 0.717) is 19.0 Å². The van der Waals surface area contributed by atoms with Crippen LogP contribution in [0.15, 0.2) is 0 Å². The summed E-state index contributed by atoms with van der Waals surface area (Å²) < 4.78 is 24.8. The normalized spacial score (nSPS) is 25.7. The molecule has 0 aromatic carbocycles. The number of hydrogen-bond acceptors (Lipinski definition) is 3. The zero-order valence-electron chi connectivity index (χ0n) is 11.6. The Bertz CT molecular complexity index is 416.